The number of aliphatic hydroxyl groups excluding tert-OH is 9. The van der Waals surface area contributed by atoms with Crippen LogP contribution in [0.1, 0.15) is 119 Å². The zero-order valence-electron chi connectivity index (χ0n) is 40.9. The van der Waals surface area contributed by atoms with Crippen LogP contribution in [0.4, 0.5) is 0 Å². The van der Waals surface area contributed by atoms with Gasteiger partial charge in [0.2, 0.25) is 0 Å². The molecule has 8 aliphatic rings. The summed E-state index contributed by atoms with van der Waals surface area (Å²) in [6, 6.07) is 0. The molecule has 18 unspecified atom stereocenters. The second-order valence-electron chi connectivity index (χ2n) is 23.9. The zero-order chi connectivity index (χ0) is 48.8. The number of carbonyl (C=O) groups excluding carboxylic acids is 1. The molecule has 0 spiro atoms. The van der Waals surface area contributed by atoms with Gasteiger partial charge in [-0.05, 0) is 115 Å². The number of fused-ring (bicyclic) bond motifs is 7. The molecule has 0 aromatic carbocycles. The minimum absolute atomic E-state index is 0.0325. The molecule has 9 N–H and O–H groups in total. The third-order valence-corrected chi connectivity index (χ3v) is 19.6. The van der Waals surface area contributed by atoms with Crippen molar-refractivity contribution in [1.82, 2.24) is 0 Å². The molecule has 7 fully saturated rings. The van der Waals surface area contributed by atoms with Gasteiger partial charge < -0.3 is 79.1 Å². The second-order valence-corrected chi connectivity index (χ2v) is 23.9. The van der Waals surface area contributed by atoms with E-state index in [1.165, 1.54) is 12.7 Å². The van der Waals surface area contributed by atoms with Gasteiger partial charge in [-0.2, -0.15) is 0 Å². The molecule has 17 heteroatoms. The van der Waals surface area contributed by atoms with Gasteiger partial charge in [-0.1, -0.05) is 60.1 Å². The Kier molecular flexibility index (Phi) is 14.7. The van der Waals surface area contributed by atoms with Crippen LogP contribution in [0, 0.1) is 50.2 Å². The quantitative estimate of drug-likeness (QED) is 0.0620. The summed E-state index contributed by atoms with van der Waals surface area (Å²) in [6.45, 7) is 16.0. The largest absolute Gasteiger partial charge is 0.468 e. The first-order valence-electron chi connectivity index (χ1n) is 25.1. The van der Waals surface area contributed by atoms with Crippen molar-refractivity contribution in [3.05, 3.63) is 11.6 Å². The van der Waals surface area contributed by atoms with Crippen LogP contribution in [0.2, 0.25) is 0 Å². The molecule has 0 radical (unpaired) electrons. The van der Waals surface area contributed by atoms with Crippen LogP contribution in [-0.2, 0) is 38.0 Å². The summed E-state index contributed by atoms with van der Waals surface area (Å²) in [5.41, 5.74) is -0.462. The molecule has 384 valence electrons. The molecule has 3 aliphatic heterocycles. The van der Waals surface area contributed by atoms with Crippen molar-refractivity contribution in [1.29, 1.82) is 0 Å². The van der Waals surface area contributed by atoms with Crippen LogP contribution in [0.25, 0.3) is 0 Å². The Bertz CT molecular complexity index is 1800. The number of aliphatic hydroxyl groups is 9. The average Bonchev–Trinajstić information content (AvgIpc) is 3.27. The second kappa shape index (κ2) is 18.9. The first kappa shape index (κ1) is 51.9. The summed E-state index contributed by atoms with van der Waals surface area (Å²) in [5, 5.41) is 96.9. The molecule has 3 heterocycles. The lowest BCUT2D eigenvalue weighted by molar-refractivity contribution is -0.328. The first-order chi connectivity index (χ1) is 31.4. The fraction of sp³-hybridized carbons (Fsp3) is 0.940. The first-order valence-corrected chi connectivity index (χ1v) is 25.1. The van der Waals surface area contributed by atoms with Gasteiger partial charge in [0.15, 0.2) is 12.6 Å². The van der Waals surface area contributed by atoms with Gasteiger partial charge in [0.05, 0.1) is 44.7 Å². The SMILES string of the molecule is COC(=O)C12CCC(C)(C)CC1C1=CCC3[C@@]4(C)CCC(OC5OC(CCOCCC6OCC(O)C(O)C6OC6OCC(O)C(O)C6O)C(O)C(O)C5O)C(C)(C)C4CC[C@@]3(C)[C@]1(C)C[C@H]2O. The van der Waals surface area contributed by atoms with E-state index in [1.807, 2.05) is 0 Å². The molecule has 8 rings (SSSR count). The normalized spacial score (nSPS) is 51.6. The molecule has 22 atom stereocenters. The standard InChI is InChI=1S/C50H82O17/c1-45(2)17-18-50(44(60)61-8)26(21-45)25-9-10-32-47(5)15-12-34(46(3,4)31(47)11-16-48(32,6)49(25,7)22-33(50)53)66-43-40(59)38(57)37(56)29(65-43)13-19-62-20-14-30-41(36(55)28(52)23-63-30)67-42-39(58)35(54)27(51)24-64-42/h9,26-43,51-59H,10-24H2,1-8H3/t26?,27?,28?,29?,30?,31?,32?,33-,34?,35?,36?,37?,38?,39?,40?,41?,42?,43?,47+,48-,49-,50?/m1/s1. The van der Waals surface area contributed by atoms with Crippen molar-refractivity contribution in [2.75, 3.05) is 33.5 Å². The number of rotatable bonds is 11. The number of carbonyl (C=O) groups is 1. The van der Waals surface area contributed by atoms with Gasteiger partial charge in [0.1, 0.15) is 60.4 Å². The molecule has 0 aromatic rings. The van der Waals surface area contributed by atoms with Crippen LogP contribution < -0.4 is 0 Å². The van der Waals surface area contributed by atoms with Gasteiger partial charge in [-0.15, -0.1) is 0 Å². The summed E-state index contributed by atoms with van der Waals surface area (Å²) in [7, 11) is 1.45. The van der Waals surface area contributed by atoms with E-state index in [1.54, 1.807) is 0 Å². The van der Waals surface area contributed by atoms with E-state index in [0.29, 0.717) is 25.2 Å². The predicted octanol–water partition coefficient (Wildman–Crippen LogP) is 1.87. The summed E-state index contributed by atoms with van der Waals surface area (Å²) in [5.74, 6) is 0.180. The van der Waals surface area contributed by atoms with Crippen LogP contribution in [0.5, 0.6) is 0 Å². The Hall–Kier alpha value is -1.39. The number of methoxy groups -OCH3 is 1. The molecular weight excluding hydrogens is 873 g/mol. The monoisotopic (exact) mass is 955 g/mol. The van der Waals surface area contributed by atoms with Gasteiger partial charge in [-0.3, -0.25) is 4.79 Å². The number of allylic oxidation sites excluding steroid dienone is 2. The lowest BCUT2D eigenvalue weighted by atomic mass is 9.33. The van der Waals surface area contributed by atoms with Crippen molar-refractivity contribution in [2.45, 2.75) is 211 Å². The van der Waals surface area contributed by atoms with Crippen LogP contribution in [0.3, 0.4) is 0 Å². The maximum Gasteiger partial charge on any atom is 0.315 e. The van der Waals surface area contributed by atoms with E-state index in [9.17, 15) is 50.8 Å². The topological polar surface area (TPSA) is 264 Å². The highest BCUT2D eigenvalue weighted by molar-refractivity contribution is 5.79. The molecule has 0 amide bonds. The predicted molar refractivity (Wildman–Crippen MR) is 238 cm³/mol. The fourth-order valence-corrected chi connectivity index (χ4v) is 15.4. The Balaban J connectivity index is 0.901. The smallest absolute Gasteiger partial charge is 0.315 e. The van der Waals surface area contributed by atoms with Crippen LogP contribution in [0.15, 0.2) is 11.6 Å². The van der Waals surface area contributed by atoms with Crippen molar-refractivity contribution in [3.8, 4) is 0 Å². The van der Waals surface area contributed by atoms with E-state index in [0.717, 1.165) is 38.5 Å². The molecule has 0 aromatic heterocycles. The molecule has 0 bridgehead atoms. The number of ether oxygens (including phenoxy) is 7. The average molecular weight is 955 g/mol. The van der Waals surface area contributed by atoms with Crippen molar-refractivity contribution < 1.29 is 83.9 Å². The summed E-state index contributed by atoms with van der Waals surface area (Å²) in [6.07, 6.45) is -8.21. The zero-order valence-corrected chi connectivity index (χ0v) is 40.9. The van der Waals surface area contributed by atoms with E-state index >= 15 is 0 Å². The molecule has 17 nitrogen and oxygen atoms in total. The van der Waals surface area contributed by atoms with E-state index in [4.69, 9.17) is 33.2 Å². The van der Waals surface area contributed by atoms with Crippen molar-refractivity contribution in [3.63, 3.8) is 0 Å². The Morgan fingerprint density at radius 3 is 2.04 bits per heavy atom. The Morgan fingerprint density at radius 2 is 1.34 bits per heavy atom. The fourth-order valence-electron chi connectivity index (χ4n) is 15.4. The summed E-state index contributed by atoms with van der Waals surface area (Å²) >= 11 is 0. The van der Waals surface area contributed by atoms with Gasteiger partial charge >= 0.3 is 5.97 Å². The summed E-state index contributed by atoms with van der Waals surface area (Å²) < 4.78 is 41.2. The van der Waals surface area contributed by atoms with Crippen LogP contribution >= 0.6 is 0 Å². The third-order valence-electron chi connectivity index (χ3n) is 19.6. The number of hydrogen-bond acceptors (Lipinski definition) is 17. The number of esters is 1. The van der Waals surface area contributed by atoms with Crippen molar-refractivity contribution in [2.24, 2.45) is 50.2 Å². The maximum absolute atomic E-state index is 13.7. The van der Waals surface area contributed by atoms with Crippen LogP contribution in [-0.4, -0.2) is 177 Å². The van der Waals surface area contributed by atoms with Gasteiger partial charge in [0.25, 0.3) is 0 Å². The molecular formula is C50H82O17. The molecule has 5 aliphatic carbocycles. The maximum atomic E-state index is 13.7. The van der Waals surface area contributed by atoms with Gasteiger partial charge in [0, 0.05) is 13.2 Å². The lowest BCUT2D eigenvalue weighted by Crippen LogP contribution is -2.68. The molecule has 4 saturated carbocycles. The van der Waals surface area contributed by atoms with Crippen molar-refractivity contribution >= 4 is 5.97 Å². The minimum Gasteiger partial charge on any atom is -0.468 e. The Morgan fingerprint density at radius 1 is 0.687 bits per heavy atom. The highest BCUT2D eigenvalue weighted by Gasteiger charge is 2.71. The summed E-state index contributed by atoms with van der Waals surface area (Å²) in [4.78, 5) is 13.7. The molecule has 67 heavy (non-hydrogen) atoms. The molecule has 3 saturated heterocycles. The number of hydrogen-bond donors (Lipinski definition) is 9. The third kappa shape index (κ3) is 8.60. The van der Waals surface area contributed by atoms with E-state index < -0.39 is 91.2 Å². The van der Waals surface area contributed by atoms with E-state index in [-0.39, 0.29) is 90.3 Å². The lowest BCUT2D eigenvalue weighted by Gasteiger charge is -2.71. The van der Waals surface area contributed by atoms with E-state index in [2.05, 4.69) is 54.5 Å². The van der Waals surface area contributed by atoms with Gasteiger partial charge in [-0.25, -0.2) is 0 Å². The highest BCUT2D eigenvalue weighted by atomic mass is 16.7. The highest BCUT2D eigenvalue weighted by Crippen LogP contribution is 2.76. The minimum atomic E-state index is -1.60. The Labute approximate surface area is 395 Å².